The van der Waals surface area contributed by atoms with Crippen molar-refractivity contribution in [1.82, 2.24) is 9.55 Å². The lowest BCUT2D eigenvalue weighted by Crippen LogP contribution is -1.85. The van der Waals surface area contributed by atoms with Crippen LogP contribution >= 0.6 is 11.3 Å². The maximum Gasteiger partial charge on any atom is 0.191 e. The molecule has 0 spiro atoms. The first-order valence-corrected chi connectivity index (χ1v) is 8.00. The second-order valence-corrected chi connectivity index (χ2v) is 6.24. The van der Waals surface area contributed by atoms with E-state index in [1.807, 2.05) is 30.6 Å². The summed E-state index contributed by atoms with van der Waals surface area (Å²) in [7, 11) is 1.83. The van der Waals surface area contributed by atoms with Crippen LogP contribution < -0.4 is 0 Å². The molecule has 0 unspecified atom stereocenters. The first-order valence-electron chi connectivity index (χ1n) is 7.12. The largest absolute Gasteiger partial charge is 0.494 e. The maximum atomic E-state index is 13.0. The van der Waals surface area contributed by atoms with Crippen LogP contribution in [0.2, 0.25) is 0 Å². The fourth-order valence-corrected chi connectivity index (χ4v) is 3.46. The Bertz CT molecular complexity index is 1000. The molecule has 0 aliphatic heterocycles. The summed E-state index contributed by atoms with van der Waals surface area (Å²) >= 11 is 1.53. The molecular weight excluding hydrogens is 311 g/mol. The quantitative estimate of drug-likeness (QED) is 0.574. The number of rotatable bonds is 2. The molecule has 0 amide bonds. The van der Waals surface area contributed by atoms with Gasteiger partial charge >= 0.3 is 0 Å². The van der Waals surface area contributed by atoms with Crippen LogP contribution in [0.4, 0.5) is 4.39 Å². The third-order valence-corrected chi connectivity index (χ3v) is 4.80. The van der Waals surface area contributed by atoms with E-state index in [0.29, 0.717) is 0 Å². The highest BCUT2D eigenvalue weighted by atomic mass is 32.1. The molecule has 0 atom stereocenters. The van der Waals surface area contributed by atoms with Gasteiger partial charge in [0, 0.05) is 35.0 Å². The molecule has 0 aliphatic carbocycles. The number of benzene rings is 2. The molecule has 4 aromatic rings. The summed E-state index contributed by atoms with van der Waals surface area (Å²) in [6.45, 7) is 0. The van der Waals surface area contributed by atoms with Gasteiger partial charge in [-0.25, -0.2) is 9.37 Å². The van der Waals surface area contributed by atoms with Gasteiger partial charge in [0.2, 0.25) is 0 Å². The minimum atomic E-state index is -0.250. The summed E-state index contributed by atoms with van der Waals surface area (Å²) in [6.07, 6.45) is 0. The zero-order valence-corrected chi connectivity index (χ0v) is 13.1. The summed E-state index contributed by atoms with van der Waals surface area (Å²) < 4.78 is 14.8. The van der Waals surface area contributed by atoms with Crippen molar-refractivity contribution in [3.05, 3.63) is 59.7 Å². The van der Waals surface area contributed by atoms with Crippen LogP contribution in [0, 0.1) is 5.82 Å². The standard InChI is InChI=1S/C18H13FN2OS/c1-21-16-7-4-12(8-13(16)9-17(21)22)15-10-23-18(20-15)11-2-5-14(19)6-3-11/h2-10,22H,1H3. The lowest BCUT2D eigenvalue weighted by Gasteiger charge is -2.00. The van der Waals surface area contributed by atoms with Gasteiger partial charge in [-0.05, 0) is 36.4 Å². The molecular formula is C18H13FN2OS. The predicted octanol–water partition coefficient (Wildman–Crippen LogP) is 4.81. The average molecular weight is 324 g/mol. The van der Waals surface area contributed by atoms with Gasteiger partial charge in [0.1, 0.15) is 10.8 Å². The number of nitrogens with zero attached hydrogens (tertiary/aromatic N) is 2. The van der Waals surface area contributed by atoms with Gasteiger partial charge in [-0.15, -0.1) is 11.3 Å². The Hall–Kier alpha value is -2.66. The van der Waals surface area contributed by atoms with Crippen molar-refractivity contribution in [1.29, 1.82) is 0 Å². The molecule has 0 fully saturated rings. The Morgan fingerprint density at radius 2 is 1.78 bits per heavy atom. The van der Waals surface area contributed by atoms with Crippen LogP contribution in [0.1, 0.15) is 0 Å². The summed E-state index contributed by atoms with van der Waals surface area (Å²) in [5.41, 5.74) is 3.74. The van der Waals surface area contributed by atoms with Crippen LogP contribution in [0.15, 0.2) is 53.9 Å². The van der Waals surface area contributed by atoms with Crippen LogP contribution in [-0.2, 0) is 7.05 Å². The van der Waals surface area contributed by atoms with E-state index < -0.39 is 0 Å². The number of hydrogen-bond donors (Lipinski definition) is 1. The summed E-state index contributed by atoms with van der Waals surface area (Å²) in [5.74, 6) is -0.0118. The first-order chi connectivity index (χ1) is 11.1. The molecule has 23 heavy (non-hydrogen) atoms. The highest BCUT2D eigenvalue weighted by molar-refractivity contribution is 7.13. The Balaban J connectivity index is 1.75. The third-order valence-electron chi connectivity index (χ3n) is 3.91. The van der Waals surface area contributed by atoms with Crippen molar-refractivity contribution >= 4 is 22.2 Å². The van der Waals surface area contributed by atoms with Crippen molar-refractivity contribution < 1.29 is 9.50 Å². The monoisotopic (exact) mass is 324 g/mol. The Morgan fingerprint density at radius 1 is 1.04 bits per heavy atom. The second-order valence-electron chi connectivity index (χ2n) is 5.38. The molecule has 0 saturated carbocycles. The zero-order valence-electron chi connectivity index (χ0n) is 12.3. The summed E-state index contributed by atoms with van der Waals surface area (Å²) in [6, 6.07) is 14.1. The van der Waals surface area contributed by atoms with E-state index in [2.05, 4.69) is 4.98 Å². The minimum Gasteiger partial charge on any atom is -0.494 e. The molecule has 3 nitrogen and oxygen atoms in total. The first kappa shape index (κ1) is 14.0. The number of halogens is 1. The van der Waals surface area contributed by atoms with Crippen molar-refractivity contribution in [3.8, 4) is 27.7 Å². The van der Waals surface area contributed by atoms with E-state index in [9.17, 15) is 9.50 Å². The van der Waals surface area contributed by atoms with E-state index in [4.69, 9.17) is 0 Å². The van der Waals surface area contributed by atoms with E-state index in [-0.39, 0.29) is 11.7 Å². The van der Waals surface area contributed by atoms with Gasteiger partial charge in [-0.1, -0.05) is 6.07 Å². The molecule has 1 N–H and O–H groups in total. The maximum absolute atomic E-state index is 13.0. The number of hydrogen-bond acceptors (Lipinski definition) is 3. The van der Waals surface area contributed by atoms with Crippen LogP contribution in [0.25, 0.3) is 32.7 Å². The highest BCUT2D eigenvalue weighted by Gasteiger charge is 2.10. The summed E-state index contributed by atoms with van der Waals surface area (Å²) in [5, 5.41) is 13.6. The number of aromatic nitrogens is 2. The van der Waals surface area contributed by atoms with Gasteiger partial charge < -0.3 is 9.67 Å². The molecule has 4 rings (SSSR count). The van der Waals surface area contributed by atoms with Gasteiger partial charge in [0.25, 0.3) is 0 Å². The van der Waals surface area contributed by atoms with Crippen molar-refractivity contribution in [2.45, 2.75) is 0 Å². The normalized spacial score (nSPS) is 11.2. The van der Waals surface area contributed by atoms with E-state index in [1.165, 1.54) is 23.5 Å². The molecule has 0 radical (unpaired) electrons. The Morgan fingerprint density at radius 3 is 2.57 bits per heavy atom. The molecule has 5 heteroatoms. The fraction of sp³-hybridized carbons (Fsp3) is 0.0556. The zero-order chi connectivity index (χ0) is 16.0. The van der Waals surface area contributed by atoms with Gasteiger partial charge in [-0.3, -0.25) is 0 Å². The number of thiazole rings is 1. The minimum absolute atomic E-state index is 0.238. The topological polar surface area (TPSA) is 38.0 Å². The lowest BCUT2D eigenvalue weighted by atomic mass is 10.1. The Labute approximate surface area is 136 Å². The number of fused-ring (bicyclic) bond motifs is 1. The van der Waals surface area contributed by atoms with E-state index in [1.54, 1.807) is 22.8 Å². The summed E-state index contributed by atoms with van der Waals surface area (Å²) in [4.78, 5) is 4.64. The second kappa shape index (κ2) is 5.21. The van der Waals surface area contributed by atoms with E-state index >= 15 is 0 Å². The molecule has 0 aliphatic rings. The Kier molecular flexibility index (Phi) is 3.16. The van der Waals surface area contributed by atoms with Crippen LogP contribution in [-0.4, -0.2) is 14.7 Å². The fourth-order valence-electron chi connectivity index (χ4n) is 2.63. The van der Waals surface area contributed by atoms with E-state index in [0.717, 1.165) is 32.7 Å². The molecule has 2 aromatic carbocycles. The molecule has 2 aromatic heterocycles. The lowest BCUT2D eigenvalue weighted by molar-refractivity contribution is 0.435. The predicted molar refractivity (Wildman–Crippen MR) is 91.1 cm³/mol. The molecule has 2 heterocycles. The van der Waals surface area contributed by atoms with Crippen LogP contribution in [0.3, 0.4) is 0 Å². The van der Waals surface area contributed by atoms with Crippen LogP contribution in [0.5, 0.6) is 5.88 Å². The van der Waals surface area contributed by atoms with Gasteiger partial charge in [0.05, 0.1) is 11.2 Å². The number of aryl methyl sites for hydroxylation is 1. The molecule has 0 saturated heterocycles. The number of aromatic hydroxyl groups is 1. The van der Waals surface area contributed by atoms with Crippen molar-refractivity contribution in [2.24, 2.45) is 7.05 Å². The van der Waals surface area contributed by atoms with Crippen molar-refractivity contribution in [2.75, 3.05) is 0 Å². The van der Waals surface area contributed by atoms with Crippen molar-refractivity contribution in [3.63, 3.8) is 0 Å². The molecule has 0 bridgehead atoms. The smallest absolute Gasteiger partial charge is 0.191 e. The van der Waals surface area contributed by atoms with Gasteiger partial charge in [-0.2, -0.15) is 0 Å². The SMILES string of the molecule is Cn1c(O)cc2cc(-c3csc(-c4ccc(F)cc4)n3)ccc21. The third kappa shape index (κ3) is 2.39. The average Bonchev–Trinajstić information content (AvgIpc) is 3.14. The van der Waals surface area contributed by atoms with Gasteiger partial charge in [0.15, 0.2) is 5.88 Å². The molecule has 114 valence electrons. The highest BCUT2D eigenvalue weighted by Crippen LogP contribution is 2.32.